The van der Waals surface area contributed by atoms with E-state index in [1.165, 1.54) is 13.1 Å². The fourth-order valence-electron chi connectivity index (χ4n) is 2.45. The predicted molar refractivity (Wildman–Crippen MR) is 110 cm³/mol. The van der Waals surface area contributed by atoms with E-state index >= 15 is 0 Å². The van der Waals surface area contributed by atoms with Crippen LogP contribution in [0.3, 0.4) is 0 Å². The number of carbonyl (C=O) groups is 2. The van der Waals surface area contributed by atoms with Crippen molar-refractivity contribution >= 4 is 33.7 Å². The van der Waals surface area contributed by atoms with Crippen LogP contribution >= 0.6 is 0 Å². The largest absolute Gasteiger partial charge is 0.484 e. The lowest BCUT2D eigenvalue weighted by atomic mass is 10.2. The van der Waals surface area contributed by atoms with Crippen molar-refractivity contribution in [1.82, 2.24) is 5.43 Å². The number of nitrogens with one attached hydrogen (secondary N) is 1. The van der Waals surface area contributed by atoms with Crippen molar-refractivity contribution in [1.29, 1.82) is 0 Å². The lowest BCUT2D eigenvalue weighted by Crippen LogP contribution is -2.46. The molecular formula is C19H22N4O5S. The highest BCUT2D eigenvalue weighted by Crippen LogP contribution is 2.20. The van der Waals surface area contributed by atoms with Crippen molar-refractivity contribution in [3.05, 3.63) is 60.2 Å². The molecule has 0 saturated carbocycles. The van der Waals surface area contributed by atoms with E-state index in [9.17, 15) is 18.0 Å². The van der Waals surface area contributed by atoms with Crippen LogP contribution in [0.1, 0.15) is 12.5 Å². The van der Waals surface area contributed by atoms with Crippen LogP contribution < -0.4 is 20.2 Å². The van der Waals surface area contributed by atoms with E-state index in [0.717, 1.165) is 10.6 Å². The lowest BCUT2D eigenvalue weighted by molar-refractivity contribution is -0.122. The molecule has 0 aromatic heterocycles. The van der Waals surface area contributed by atoms with E-state index in [2.05, 4.69) is 10.5 Å². The number of nitrogens with two attached hydrogens (primary N) is 1. The average molecular weight is 418 g/mol. The molecule has 2 amide bonds. The van der Waals surface area contributed by atoms with Crippen molar-refractivity contribution in [3.8, 4) is 5.75 Å². The molecule has 2 aromatic carbocycles. The molecule has 10 heteroatoms. The number of nitrogens with zero attached hydrogens (tertiary/aromatic N) is 2. The third-order valence-corrected chi connectivity index (χ3v) is 4.99. The predicted octanol–water partition coefficient (Wildman–Crippen LogP) is 0.855. The average Bonchev–Trinajstić information content (AvgIpc) is 2.67. The van der Waals surface area contributed by atoms with Crippen molar-refractivity contribution in [2.75, 3.05) is 17.2 Å². The van der Waals surface area contributed by atoms with E-state index in [1.807, 2.05) is 0 Å². The second-order valence-corrected chi connectivity index (χ2v) is 7.99. The van der Waals surface area contributed by atoms with Gasteiger partial charge >= 0.3 is 0 Å². The minimum Gasteiger partial charge on any atom is -0.484 e. The monoisotopic (exact) mass is 418 g/mol. The zero-order chi connectivity index (χ0) is 21.4. The molecule has 0 aliphatic carbocycles. The molecule has 0 saturated heterocycles. The molecule has 0 spiro atoms. The lowest BCUT2D eigenvalue weighted by Gasteiger charge is -2.27. The number of anilines is 1. The van der Waals surface area contributed by atoms with Gasteiger partial charge in [0.05, 0.1) is 18.2 Å². The first-order valence-corrected chi connectivity index (χ1v) is 10.4. The second-order valence-electron chi connectivity index (χ2n) is 6.13. The van der Waals surface area contributed by atoms with Crippen LogP contribution in [0, 0.1) is 0 Å². The zero-order valence-electron chi connectivity index (χ0n) is 16.0. The van der Waals surface area contributed by atoms with Crippen molar-refractivity contribution < 1.29 is 22.7 Å². The first-order chi connectivity index (χ1) is 13.7. The Kier molecular flexibility index (Phi) is 7.32. The second kappa shape index (κ2) is 9.69. The molecule has 154 valence electrons. The van der Waals surface area contributed by atoms with Gasteiger partial charge in [-0.15, -0.1) is 0 Å². The van der Waals surface area contributed by atoms with Gasteiger partial charge in [-0.2, -0.15) is 5.10 Å². The number of amides is 2. The number of sulfonamides is 1. The number of hydrogen-bond acceptors (Lipinski definition) is 6. The summed E-state index contributed by atoms with van der Waals surface area (Å²) in [6.45, 7) is 1.25. The Morgan fingerprint density at radius 2 is 1.79 bits per heavy atom. The molecular weight excluding hydrogens is 396 g/mol. The number of para-hydroxylation sites is 1. The Bertz CT molecular complexity index is 975. The molecule has 0 bridgehead atoms. The van der Waals surface area contributed by atoms with Crippen LogP contribution in [-0.2, 0) is 19.6 Å². The van der Waals surface area contributed by atoms with Crippen molar-refractivity contribution in [2.45, 2.75) is 13.0 Å². The van der Waals surface area contributed by atoms with Crippen LogP contribution in [0.4, 0.5) is 5.69 Å². The summed E-state index contributed by atoms with van der Waals surface area (Å²) in [6.07, 6.45) is 2.44. The number of carbonyl (C=O) groups excluding carboxylic acids is 2. The summed E-state index contributed by atoms with van der Waals surface area (Å²) in [5, 5.41) is 3.86. The number of hydrazone groups is 1. The molecule has 9 nitrogen and oxygen atoms in total. The zero-order valence-corrected chi connectivity index (χ0v) is 16.8. The van der Waals surface area contributed by atoms with Gasteiger partial charge in [0.15, 0.2) is 6.61 Å². The molecule has 0 fully saturated rings. The van der Waals surface area contributed by atoms with Crippen LogP contribution in [-0.4, -0.2) is 45.4 Å². The van der Waals surface area contributed by atoms with Crippen LogP contribution in [0.15, 0.2) is 59.7 Å². The third kappa shape index (κ3) is 6.61. The molecule has 29 heavy (non-hydrogen) atoms. The first-order valence-electron chi connectivity index (χ1n) is 8.57. The smallest absolute Gasteiger partial charge is 0.263 e. The summed E-state index contributed by atoms with van der Waals surface area (Å²) < 4.78 is 30.5. The summed E-state index contributed by atoms with van der Waals surface area (Å²) in [6, 6.07) is 13.9. The Hall–Kier alpha value is -3.40. The topological polar surface area (TPSA) is 131 Å². The highest BCUT2D eigenvalue weighted by molar-refractivity contribution is 7.92. The van der Waals surface area contributed by atoms with Crippen molar-refractivity contribution in [3.63, 3.8) is 0 Å². The molecule has 0 radical (unpaired) electrons. The van der Waals surface area contributed by atoms with E-state index in [4.69, 9.17) is 10.5 Å². The molecule has 1 atom stereocenters. The summed E-state index contributed by atoms with van der Waals surface area (Å²) in [4.78, 5) is 23.1. The Labute approximate surface area is 169 Å². The Morgan fingerprint density at radius 1 is 1.17 bits per heavy atom. The van der Waals surface area contributed by atoms with Crippen LogP contribution in [0.2, 0.25) is 0 Å². The molecule has 0 aliphatic rings. The maximum absolute atomic E-state index is 12.4. The van der Waals surface area contributed by atoms with Crippen LogP contribution in [0.5, 0.6) is 5.75 Å². The third-order valence-electron chi connectivity index (χ3n) is 3.75. The van der Waals surface area contributed by atoms with Gasteiger partial charge in [0.1, 0.15) is 11.8 Å². The van der Waals surface area contributed by atoms with Gasteiger partial charge in [0.25, 0.3) is 11.8 Å². The molecule has 2 rings (SSSR count). The standard InChI is InChI=1S/C19H22N4O5S/c1-14(23(29(2,26)27)16-6-4-3-5-7-16)19(25)22-21-12-15-8-10-17(11-9-15)28-13-18(20)24/h3-12,14H,13H2,1-2H3,(H2,20,24)(H,22,25)/b21-12-/t14-/m0/s1. The number of primary amides is 1. The SMILES string of the molecule is C[C@@H](C(=O)N/N=C\c1ccc(OCC(N)=O)cc1)N(c1ccccc1)S(C)(=O)=O. The fourth-order valence-corrected chi connectivity index (χ4v) is 3.63. The maximum Gasteiger partial charge on any atom is 0.263 e. The van der Waals surface area contributed by atoms with Gasteiger partial charge < -0.3 is 10.5 Å². The van der Waals surface area contributed by atoms with E-state index in [0.29, 0.717) is 17.0 Å². The fraction of sp³-hybridized carbons (Fsp3) is 0.211. The van der Waals surface area contributed by atoms with E-state index in [1.54, 1.807) is 54.6 Å². The van der Waals surface area contributed by atoms with Gasteiger partial charge in [-0.25, -0.2) is 13.8 Å². The van der Waals surface area contributed by atoms with Gasteiger partial charge in [-0.3, -0.25) is 13.9 Å². The van der Waals surface area contributed by atoms with Gasteiger partial charge in [-0.05, 0) is 48.9 Å². The number of rotatable bonds is 9. The Morgan fingerprint density at radius 3 is 2.34 bits per heavy atom. The molecule has 2 aromatic rings. The number of hydrogen-bond donors (Lipinski definition) is 2. The molecule has 3 N–H and O–H groups in total. The normalized spacial score (nSPS) is 12.3. The minimum atomic E-state index is -3.68. The molecule has 0 heterocycles. The Balaban J connectivity index is 2.02. The van der Waals surface area contributed by atoms with Crippen molar-refractivity contribution in [2.24, 2.45) is 10.8 Å². The molecule has 0 unspecified atom stereocenters. The highest BCUT2D eigenvalue weighted by atomic mass is 32.2. The summed E-state index contributed by atoms with van der Waals surface area (Å²) in [5.74, 6) is -0.701. The molecule has 0 aliphatic heterocycles. The minimum absolute atomic E-state index is 0.223. The van der Waals surface area contributed by atoms with Crippen LogP contribution in [0.25, 0.3) is 0 Å². The summed E-state index contributed by atoms with van der Waals surface area (Å²) >= 11 is 0. The van der Waals surface area contributed by atoms with Gasteiger partial charge in [0.2, 0.25) is 10.0 Å². The van der Waals surface area contributed by atoms with Gasteiger partial charge in [0, 0.05) is 0 Å². The number of benzene rings is 2. The quantitative estimate of drug-likeness (QED) is 0.460. The summed E-state index contributed by atoms with van der Waals surface area (Å²) in [7, 11) is -3.68. The van der Waals surface area contributed by atoms with Gasteiger partial charge in [-0.1, -0.05) is 18.2 Å². The van der Waals surface area contributed by atoms with E-state index < -0.39 is 27.9 Å². The maximum atomic E-state index is 12.4. The highest BCUT2D eigenvalue weighted by Gasteiger charge is 2.28. The first kappa shape index (κ1) is 21.9. The van der Waals surface area contributed by atoms with E-state index in [-0.39, 0.29) is 6.61 Å². The number of ether oxygens (including phenoxy) is 1. The summed E-state index contributed by atoms with van der Waals surface area (Å²) in [5.41, 5.74) is 8.39.